The summed E-state index contributed by atoms with van der Waals surface area (Å²) in [5.74, 6) is 0.439. The standard InChI is InChI=1S/C20H22N2O5S/c1-21-28(24,25)16-8-5-14(6-9-16)19(23)22-15-7-10-17-18(13-15)27-20(26-17)11-3-2-4-12-20/h5-10,13,21H,2-4,11-12H2,1H3,(H,22,23). The third kappa shape index (κ3) is 3.57. The highest BCUT2D eigenvalue weighted by molar-refractivity contribution is 7.89. The first-order valence-corrected chi connectivity index (χ1v) is 10.8. The Morgan fingerprint density at radius 3 is 2.32 bits per heavy atom. The molecule has 1 aliphatic heterocycles. The number of amides is 1. The minimum absolute atomic E-state index is 0.104. The summed E-state index contributed by atoms with van der Waals surface area (Å²) in [6.07, 6.45) is 5.09. The van der Waals surface area contributed by atoms with Gasteiger partial charge in [0.05, 0.1) is 4.90 Å². The Bertz CT molecular complexity index is 996. The summed E-state index contributed by atoms with van der Waals surface area (Å²) >= 11 is 0. The molecule has 0 atom stereocenters. The van der Waals surface area contributed by atoms with Crippen molar-refractivity contribution in [1.29, 1.82) is 0 Å². The zero-order valence-corrected chi connectivity index (χ0v) is 16.3. The number of anilines is 1. The molecule has 1 heterocycles. The van der Waals surface area contributed by atoms with Crippen molar-refractivity contribution in [3.8, 4) is 11.5 Å². The lowest BCUT2D eigenvalue weighted by atomic mass is 9.94. The Labute approximate surface area is 164 Å². The maximum Gasteiger partial charge on any atom is 0.255 e. The minimum Gasteiger partial charge on any atom is -0.448 e. The molecular weight excluding hydrogens is 380 g/mol. The van der Waals surface area contributed by atoms with Crippen LogP contribution in [-0.4, -0.2) is 27.2 Å². The lowest BCUT2D eigenvalue weighted by Crippen LogP contribution is -2.40. The Kier molecular flexibility index (Phi) is 4.76. The zero-order chi connectivity index (χ0) is 19.8. The van der Waals surface area contributed by atoms with Crippen molar-refractivity contribution in [2.24, 2.45) is 0 Å². The highest BCUT2D eigenvalue weighted by Gasteiger charge is 2.42. The maximum absolute atomic E-state index is 12.5. The van der Waals surface area contributed by atoms with E-state index in [1.165, 1.54) is 37.7 Å². The van der Waals surface area contributed by atoms with Gasteiger partial charge >= 0.3 is 0 Å². The molecule has 0 radical (unpaired) electrons. The van der Waals surface area contributed by atoms with E-state index < -0.39 is 15.8 Å². The van der Waals surface area contributed by atoms with E-state index in [0.29, 0.717) is 22.7 Å². The number of hydrogen-bond donors (Lipinski definition) is 2. The molecule has 1 saturated carbocycles. The molecule has 28 heavy (non-hydrogen) atoms. The van der Waals surface area contributed by atoms with Gasteiger partial charge in [0.25, 0.3) is 11.7 Å². The number of carbonyl (C=O) groups is 1. The van der Waals surface area contributed by atoms with Gasteiger partial charge in [-0.2, -0.15) is 0 Å². The number of carbonyl (C=O) groups excluding carboxylic acids is 1. The van der Waals surface area contributed by atoms with Gasteiger partial charge in [0.2, 0.25) is 10.0 Å². The largest absolute Gasteiger partial charge is 0.448 e. The van der Waals surface area contributed by atoms with Gasteiger partial charge in [-0.1, -0.05) is 6.42 Å². The van der Waals surface area contributed by atoms with Crippen molar-refractivity contribution in [3.63, 3.8) is 0 Å². The van der Waals surface area contributed by atoms with Crippen molar-refractivity contribution >= 4 is 21.6 Å². The normalized spacial score (nSPS) is 17.5. The van der Waals surface area contributed by atoms with Gasteiger partial charge in [0.15, 0.2) is 11.5 Å². The minimum atomic E-state index is -3.53. The summed E-state index contributed by atoms with van der Waals surface area (Å²) < 4.78 is 37.9. The van der Waals surface area contributed by atoms with Gasteiger partial charge in [-0.3, -0.25) is 4.79 Å². The van der Waals surface area contributed by atoms with Gasteiger partial charge in [-0.25, -0.2) is 13.1 Å². The Balaban J connectivity index is 1.47. The molecule has 2 aromatic rings. The van der Waals surface area contributed by atoms with E-state index in [1.54, 1.807) is 18.2 Å². The fraction of sp³-hybridized carbons (Fsp3) is 0.350. The summed E-state index contributed by atoms with van der Waals surface area (Å²) in [4.78, 5) is 12.6. The predicted octanol–water partition coefficient (Wildman–Crippen LogP) is 3.28. The summed E-state index contributed by atoms with van der Waals surface area (Å²) in [6, 6.07) is 11.1. The van der Waals surface area contributed by atoms with Crippen LogP contribution in [0.2, 0.25) is 0 Å². The SMILES string of the molecule is CNS(=O)(=O)c1ccc(C(=O)Nc2ccc3c(c2)OC2(CCCCC2)O3)cc1. The first kappa shape index (κ1) is 18.8. The van der Waals surface area contributed by atoms with Crippen LogP contribution in [0.3, 0.4) is 0 Å². The van der Waals surface area contributed by atoms with E-state index in [9.17, 15) is 13.2 Å². The second-order valence-electron chi connectivity index (χ2n) is 7.02. The number of rotatable bonds is 4. The molecule has 1 fully saturated rings. The number of ether oxygens (including phenoxy) is 2. The lowest BCUT2D eigenvalue weighted by Gasteiger charge is -2.31. The summed E-state index contributed by atoms with van der Waals surface area (Å²) in [5.41, 5.74) is 0.948. The van der Waals surface area contributed by atoms with E-state index in [1.807, 2.05) is 0 Å². The van der Waals surface area contributed by atoms with Crippen LogP contribution in [0, 0.1) is 0 Å². The molecule has 1 amide bonds. The third-order valence-electron chi connectivity index (χ3n) is 5.10. The Morgan fingerprint density at radius 2 is 1.64 bits per heavy atom. The van der Waals surface area contributed by atoms with Gasteiger partial charge in [-0.05, 0) is 56.3 Å². The molecule has 2 N–H and O–H groups in total. The summed E-state index contributed by atoms with van der Waals surface area (Å²) in [7, 11) is -2.19. The topological polar surface area (TPSA) is 93.7 Å². The van der Waals surface area contributed by atoms with Crippen LogP contribution in [0.25, 0.3) is 0 Å². The molecule has 0 unspecified atom stereocenters. The fourth-order valence-corrected chi connectivity index (χ4v) is 4.30. The van der Waals surface area contributed by atoms with Crippen LogP contribution in [0.5, 0.6) is 11.5 Å². The molecule has 4 rings (SSSR count). The predicted molar refractivity (Wildman–Crippen MR) is 104 cm³/mol. The van der Waals surface area contributed by atoms with Crippen molar-refractivity contribution < 1.29 is 22.7 Å². The molecule has 0 saturated heterocycles. The molecular formula is C20H22N2O5S. The third-order valence-corrected chi connectivity index (χ3v) is 6.53. The quantitative estimate of drug-likeness (QED) is 0.819. The number of hydrogen-bond acceptors (Lipinski definition) is 5. The second-order valence-corrected chi connectivity index (χ2v) is 8.91. The highest BCUT2D eigenvalue weighted by atomic mass is 32.2. The van der Waals surface area contributed by atoms with Crippen molar-refractivity contribution in [2.75, 3.05) is 12.4 Å². The maximum atomic E-state index is 12.5. The molecule has 7 nitrogen and oxygen atoms in total. The molecule has 148 valence electrons. The van der Waals surface area contributed by atoms with Crippen molar-refractivity contribution in [2.45, 2.75) is 42.8 Å². The van der Waals surface area contributed by atoms with Crippen LogP contribution < -0.4 is 19.5 Å². The van der Waals surface area contributed by atoms with Crippen LogP contribution in [-0.2, 0) is 10.0 Å². The van der Waals surface area contributed by atoms with E-state index in [-0.39, 0.29) is 10.8 Å². The molecule has 0 aromatic heterocycles. The van der Waals surface area contributed by atoms with Crippen molar-refractivity contribution in [1.82, 2.24) is 4.72 Å². The first-order chi connectivity index (χ1) is 13.4. The molecule has 0 bridgehead atoms. The lowest BCUT2D eigenvalue weighted by molar-refractivity contribution is -0.105. The van der Waals surface area contributed by atoms with Crippen molar-refractivity contribution in [3.05, 3.63) is 48.0 Å². The van der Waals surface area contributed by atoms with Gasteiger partial charge < -0.3 is 14.8 Å². The second kappa shape index (κ2) is 7.10. The number of benzene rings is 2. The number of fused-ring (bicyclic) bond motifs is 1. The van der Waals surface area contributed by atoms with E-state index in [2.05, 4.69) is 10.0 Å². The Hall–Kier alpha value is -2.58. The molecule has 2 aliphatic rings. The highest BCUT2D eigenvalue weighted by Crippen LogP contribution is 2.46. The molecule has 8 heteroatoms. The molecule has 1 aliphatic carbocycles. The number of sulfonamides is 1. The number of nitrogens with one attached hydrogen (secondary N) is 2. The monoisotopic (exact) mass is 402 g/mol. The van der Waals surface area contributed by atoms with E-state index >= 15 is 0 Å². The molecule has 2 aromatic carbocycles. The smallest absolute Gasteiger partial charge is 0.255 e. The van der Waals surface area contributed by atoms with Crippen LogP contribution in [0.4, 0.5) is 5.69 Å². The van der Waals surface area contributed by atoms with Gasteiger partial charge in [0.1, 0.15) is 0 Å². The Morgan fingerprint density at radius 1 is 0.964 bits per heavy atom. The zero-order valence-electron chi connectivity index (χ0n) is 15.5. The van der Waals surface area contributed by atoms with Crippen LogP contribution in [0.15, 0.2) is 47.4 Å². The van der Waals surface area contributed by atoms with Gasteiger partial charge in [-0.15, -0.1) is 0 Å². The summed E-state index contributed by atoms with van der Waals surface area (Å²) in [6.45, 7) is 0. The average molecular weight is 402 g/mol. The van der Waals surface area contributed by atoms with Gasteiger partial charge in [0, 0.05) is 30.2 Å². The first-order valence-electron chi connectivity index (χ1n) is 9.28. The average Bonchev–Trinajstić information content (AvgIpc) is 3.05. The van der Waals surface area contributed by atoms with E-state index in [4.69, 9.17) is 9.47 Å². The van der Waals surface area contributed by atoms with E-state index in [0.717, 1.165) is 25.7 Å². The van der Waals surface area contributed by atoms with Crippen LogP contribution >= 0.6 is 0 Å². The van der Waals surface area contributed by atoms with Crippen LogP contribution in [0.1, 0.15) is 42.5 Å². The summed E-state index contributed by atoms with van der Waals surface area (Å²) in [5, 5.41) is 2.81. The molecule has 1 spiro atoms. The fourth-order valence-electron chi connectivity index (χ4n) is 3.57.